The number of H-pyrrole nitrogens is 1. The van der Waals surface area contributed by atoms with Gasteiger partial charge < -0.3 is 10.7 Å². The molecule has 0 radical (unpaired) electrons. The Kier molecular flexibility index (Phi) is 6.16. The van der Waals surface area contributed by atoms with Crippen molar-refractivity contribution in [2.24, 2.45) is 11.7 Å². The van der Waals surface area contributed by atoms with Gasteiger partial charge in [-0.05, 0) is 12.5 Å². The minimum absolute atomic E-state index is 0.689. The van der Waals surface area contributed by atoms with Crippen molar-refractivity contribution >= 4 is 0 Å². The number of aromatic nitrogens is 2. The van der Waals surface area contributed by atoms with Crippen molar-refractivity contribution in [3.05, 3.63) is 17.7 Å². The average molecular weight is 223 g/mol. The number of hydrogen-bond acceptors (Lipinski definition) is 2. The maximum atomic E-state index is 5.52. The van der Waals surface area contributed by atoms with E-state index >= 15 is 0 Å². The number of nitrogens with one attached hydrogen (secondary N) is 1. The molecule has 1 aromatic heterocycles. The van der Waals surface area contributed by atoms with Crippen molar-refractivity contribution in [2.45, 2.75) is 52.4 Å². The van der Waals surface area contributed by atoms with Gasteiger partial charge in [-0.2, -0.15) is 0 Å². The van der Waals surface area contributed by atoms with Crippen LogP contribution in [0.1, 0.15) is 51.0 Å². The molecule has 1 unspecified atom stereocenters. The summed E-state index contributed by atoms with van der Waals surface area (Å²) < 4.78 is 0. The number of rotatable bonds is 8. The second-order valence-corrected chi connectivity index (χ2v) is 4.51. The molecule has 3 heteroatoms. The van der Waals surface area contributed by atoms with E-state index in [0.717, 1.165) is 24.6 Å². The van der Waals surface area contributed by atoms with Crippen LogP contribution in [0.25, 0.3) is 0 Å². The molecule has 0 amide bonds. The Bertz CT molecular complexity index is 280. The van der Waals surface area contributed by atoms with E-state index in [9.17, 15) is 0 Å². The van der Waals surface area contributed by atoms with Crippen LogP contribution in [0.4, 0.5) is 0 Å². The van der Waals surface area contributed by atoms with E-state index in [0.29, 0.717) is 6.54 Å². The zero-order chi connectivity index (χ0) is 11.8. The predicted molar refractivity (Wildman–Crippen MR) is 68.4 cm³/mol. The van der Waals surface area contributed by atoms with Gasteiger partial charge in [0.25, 0.3) is 0 Å². The van der Waals surface area contributed by atoms with Crippen molar-refractivity contribution in [1.82, 2.24) is 9.97 Å². The van der Waals surface area contributed by atoms with E-state index in [2.05, 4.69) is 23.8 Å². The van der Waals surface area contributed by atoms with E-state index in [1.165, 1.54) is 31.4 Å². The number of imidazole rings is 1. The molecule has 1 rings (SSSR count). The molecule has 0 spiro atoms. The third-order valence-electron chi connectivity index (χ3n) is 3.12. The van der Waals surface area contributed by atoms with Gasteiger partial charge in [0.05, 0.1) is 0 Å². The highest BCUT2D eigenvalue weighted by Crippen LogP contribution is 2.17. The van der Waals surface area contributed by atoms with E-state index < -0.39 is 0 Å². The molecule has 0 aliphatic rings. The Morgan fingerprint density at radius 2 is 2.25 bits per heavy atom. The van der Waals surface area contributed by atoms with Gasteiger partial charge in [0.15, 0.2) is 0 Å². The summed E-state index contributed by atoms with van der Waals surface area (Å²) in [5.74, 6) is 1.91. The lowest BCUT2D eigenvalue weighted by molar-refractivity contribution is 0.441. The molecule has 0 fully saturated rings. The van der Waals surface area contributed by atoms with Crippen LogP contribution in [-0.4, -0.2) is 16.5 Å². The lowest BCUT2D eigenvalue weighted by Gasteiger charge is -2.12. The van der Waals surface area contributed by atoms with Crippen LogP contribution in [-0.2, 0) is 12.8 Å². The molecule has 3 nitrogen and oxygen atoms in total. The molecule has 1 aromatic rings. The Hall–Kier alpha value is -0.830. The predicted octanol–water partition coefficient (Wildman–Crippen LogP) is 2.67. The first kappa shape index (κ1) is 13.2. The molecule has 0 bridgehead atoms. The topological polar surface area (TPSA) is 54.7 Å². The van der Waals surface area contributed by atoms with Crippen LogP contribution in [0.3, 0.4) is 0 Å². The van der Waals surface area contributed by atoms with Gasteiger partial charge >= 0.3 is 0 Å². The maximum absolute atomic E-state index is 5.52. The molecule has 0 aromatic carbocycles. The lowest BCUT2D eigenvalue weighted by Crippen LogP contribution is -2.06. The Morgan fingerprint density at radius 1 is 1.44 bits per heavy atom. The van der Waals surface area contributed by atoms with Gasteiger partial charge in [0.1, 0.15) is 5.82 Å². The summed E-state index contributed by atoms with van der Waals surface area (Å²) in [5.41, 5.74) is 6.68. The van der Waals surface area contributed by atoms with Gasteiger partial charge in [-0.15, -0.1) is 0 Å². The summed E-state index contributed by atoms with van der Waals surface area (Å²) in [6.07, 6.45) is 9.09. The smallest absolute Gasteiger partial charge is 0.106 e. The summed E-state index contributed by atoms with van der Waals surface area (Å²) in [6.45, 7) is 5.21. The van der Waals surface area contributed by atoms with Crippen LogP contribution in [0.15, 0.2) is 6.20 Å². The number of nitrogens with two attached hydrogens (primary N) is 1. The number of nitrogens with zero attached hydrogens (tertiary/aromatic N) is 1. The van der Waals surface area contributed by atoms with E-state index in [1.807, 2.05) is 6.20 Å². The van der Waals surface area contributed by atoms with Crippen molar-refractivity contribution in [2.75, 3.05) is 6.54 Å². The van der Waals surface area contributed by atoms with Crippen LogP contribution < -0.4 is 5.73 Å². The quantitative estimate of drug-likeness (QED) is 0.712. The molecule has 1 atom stereocenters. The fraction of sp³-hybridized carbons (Fsp3) is 0.769. The van der Waals surface area contributed by atoms with Crippen molar-refractivity contribution < 1.29 is 0 Å². The zero-order valence-corrected chi connectivity index (χ0v) is 10.6. The van der Waals surface area contributed by atoms with E-state index in [1.54, 1.807) is 0 Å². The minimum atomic E-state index is 0.689. The maximum Gasteiger partial charge on any atom is 0.106 e. The fourth-order valence-corrected chi connectivity index (χ4v) is 2.01. The molecule has 0 saturated carbocycles. The summed E-state index contributed by atoms with van der Waals surface area (Å²) in [4.78, 5) is 7.78. The molecular weight excluding hydrogens is 198 g/mol. The molecule has 0 aliphatic heterocycles. The monoisotopic (exact) mass is 223 g/mol. The molecule has 0 aliphatic carbocycles. The van der Waals surface area contributed by atoms with E-state index in [-0.39, 0.29) is 0 Å². The minimum Gasteiger partial charge on any atom is -0.346 e. The van der Waals surface area contributed by atoms with Crippen molar-refractivity contribution in [3.63, 3.8) is 0 Å². The molecule has 1 heterocycles. The molecule has 16 heavy (non-hydrogen) atoms. The van der Waals surface area contributed by atoms with Crippen molar-refractivity contribution in [1.29, 1.82) is 0 Å². The van der Waals surface area contributed by atoms with Crippen LogP contribution in [0, 0.1) is 5.92 Å². The van der Waals surface area contributed by atoms with Crippen molar-refractivity contribution in [3.8, 4) is 0 Å². The average Bonchev–Trinajstić information content (AvgIpc) is 2.72. The third kappa shape index (κ3) is 4.35. The first-order chi connectivity index (χ1) is 7.80. The summed E-state index contributed by atoms with van der Waals surface area (Å²) in [5, 5.41) is 0. The van der Waals surface area contributed by atoms with E-state index in [4.69, 9.17) is 5.73 Å². The number of unbranched alkanes of at least 4 members (excludes halogenated alkanes) is 1. The highest BCUT2D eigenvalue weighted by molar-refractivity contribution is 5.02. The van der Waals surface area contributed by atoms with Gasteiger partial charge in [-0.25, -0.2) is 4.98 Å². The second kappa shape index (κ2) is 7.44. The van der Waals surface area contributed by atoms with Crippen LogP contribution in [0.5, 0.6) is 0 Å². The van der Waals surface area contributed by atoms with Gasteiger partial charge in [0.2, 0.25) is 0 Å². The molecule has 92 valence electrons. The molecular formula is C13H25N3. The zero-order valence-electron chi connectivity index (χ0n) is 10.6. The number of hydrogen-bond donors (Lipinski definition) is 2. The van der Waals surface area contributed by atoms with Crippen LogP contribution in [0.2, 0.25) is 0 Å². The summed E-state index contributed by atoms with van der Waals surface area (Å²) in [6, 6.07) is 0. The Balaban J connectivity index is 2.43. The largest absolute Gasteiger partial charge is 0.346 e. The molecule has 0 saturated heterocycles. The normalized spacial score (nSPS) is 12.9. The third-order valence-corrected chi connectivity index (χ3v) is 3.12. The first-order valence-corrected chi connectivity index (χ1v) is 6.52. The SMILES string of the molecule is CCCCC(CC)Cc1ncc(CCN)[nH]1. The highest BCUT2D eigenvalue weighted by Gasteiger charge is 2.09. The highest BCUT2D eigenvalue weighted by atomic mass is 14.9. The first-order valence-electron chi connectivity index (χ1n) is 6.52. The Morgan fingerprint density at radius 3 is 2.88 bits per heavy atom. The molecule has 3 N–H and O–H groups in total. The van der Waals surface area contributed by atoms with Gasteiger partial charge in [-0.3, -0.25) is 0 Å². The van der Waals surface area contributed by atoms with Gasteiger partial charge in [0, 0.05) is 24.7 Å². The summed E-state index contributed by atoms with van der Waals surface area (Å²) in [7, 11) is 0. The number of aromatic amines is 1. The summed E-state index contributed by atoms with van der Waals surface area (Å²) >= 11 is 0. The standard InChI is InChI=1S/C13H25N3/c1-3-5-6-11(4-2)9-13-15-10-12(16-13)7-8-14/h10-11H,3-9,14H2,1-2H3,(H,15,16). The Labute approximate surface area is 98.8 Å². The second-order valence-electron chi connectivity index (χ2n) is 4.51. The lowest BCUT2D eigenvalue weighted by atomic mass is 9.96. The fourth-order valence-electron chi connectivity index (χ4n) is 2.01. The van der Waals surface area contributed by atoms with Gasteiger partial charge in [-0.1, -0.05) is 39.5 Å². The van der Waals surface area contributed by atoms with Crippen LogP contribution >= 0.6 is 0 Å².